The minimum Gasteiger partial charge on any atom is -0.407 e. The van der Waals surface area contributed by atoms with Crippen LogP contribution in [0.4, 0.5) is 0 Å². The van der Waals surface area contributed by atoms with Crippen LogP contribution in [0, 0.1) is 0 Å². The standard InChI is InChI=1S/C29H31NO4SSi/c1-29(2,3)36(4,5)34-25(20-14-8-6-9-15-20)24(28(33)35-21-16-10-7-11-17-21)30-26(31)22-18-12-13-19-23(22)27(30)32/h6-19,24-25H,1-5H3/t24-,25+/m1/s1. The second-order valence-corrected chi connectivity index (χ2v) is 16.2. The minimum absolute atomic E-state index is 0.151. The fourth-order valence-electron chi connectivity index (χ4n) is 3.94. The van der Waals surface area contributed by atoms with Crippen molar-refractivity contribution in [2.24, 2.45) is 0 Å². The molecule has 186 valence electrons. The van der Waals surface area contributed by atoms with Gasteiger partial charge in [-0.1, -0.05) is 81.4 Å². The highest BCUT2D eigenvalue weighted by atomic mass is 32.2. The van der Waals surface area contributed by atoms with Crippen molar-refractivity contribution in [3.8, 4) is 0 Å². The molecule has 0 unspecified atom stereocenters. The molecule has 0 saturated heterocycles. The van der Waals surface area contributed by atoms with Gasteiger partial charge >= 0.3 is 0 Å². The first-order valence-corrected chi connectivity index (χ1v) is 15.7. The molecule has 2 atom stereocenters. The number of rotatable bonds is 7. The van der Waals surface area contributed by atoms with Gasteiger partial charge in [0.25, 0.3) is 11.8 Å². The smallest absolute Gasteiger partial charge is 0.262 e. The summed E-state index contributed by atoms with van der Waals surface area (Å²) in [5.74, 6) is -0.940. The topological polar surface area (TPSA) is 63.7 Å². The number of benzene rings is 3. The highest BCUT2D eigenvalue weighted by molar-refractivity contribution is 8.13. The van der Waals surface area contributed by atoms with E-state index in [1.54, 1.807) is 24.3 Å². The molecule has 3 aromatic rings. The Kier molecular flexibility index (Phi) is 7.36. The van der Waals surface area contributed by atoms with Gasteiger partial charge in [0, 0.05) is 4.90 Å². The molecule has 2 amide bonds. The lowest BCUT2D eigenvalue weighted by Gasteiger charge is -2.42. The molecule has 5 nitrogen and oxygen atoms in total. The molecule has 1 aliphatic heterocycles. The molecular formula is C29H31NO4SSi. The molecule has 0 saturated carbocycles. The second-order valence-electron chi connectivity index (χ2n) is 10.4. The van der Waals surface area contributed by atoms with Gasteiger partial charge in [0.2, 0.25) is 5.12 Å². The van der Waals surface area contributed by atoms with E-state index in [1.165, 1.54) is 0 Å². The Morgan fingerprint density at radius 2 is 1.28 bits per heavy atom. The van der Waals surface area contributed by atoms with Gasteiger partial charge in [0.1, 0.15) is 6.04 Å². The van der Waals surface area contributed by atoms with Crippen molar-refractivity contribution in [3.05, 3.63) is 102 Å². The van der Waals surface area contributed by atoms with E-state index in [0.717, 1.165) is 27.1 Å². The Morgan fingerprint density at radius 3 is 1.78 bits per heavy atom. The number of thioether (sulfide) groups is 1. The zero-order valence-electron chi connectivity index (χ0n) is 21.2. The van der Waals surface area contributed by atoms with Gasteiger partial charge in [-0.2, -0.15) is 0 Å². The summed E-state index contributed by atoms with van der Waals surface area (Å²) < 4.78 is 6.88. The number of fused-ring (bicyclic) bond motifs is 1. The van der Waals surface area contributed by atoms with Crippen molar-refractivity contribution >= 4 is 37.0 Å². The molecule has 0 bridgehead atoms. The Hall–Kier alpha value is -3.00. The molecule has 1 heterocycles. The maximum absolute atomic E-state index is 14.0. The van der Waals surface area contributed by atoms with Crippen molar-refractivity contribution in [1.29, 1.82) is 0 Å². The SMILES string of the molecule is CC(C)(C)[Si](C)(C)O[C@@H](c1ccccc1)[C@H](C(=O)Sc1ccccc1)N1C(=O)c2ccccc2C1=O. The normalized spacial score (nSPS) is 15.5. The molecular weight excluding hydrogens is 486 g/mol. The lowest BCUT2D eigenvalue weighted by atomic mass is 10.0. The largest absolute Gasteiger partial charge is 0.407 e. The Labute approximate surface area is 218 Å². The van der Waals surface area contributed by atoms with Gasteiger partial charge in [0.15, 0.2) is 8.32 Å². The first-order chi connectivity index (χ1) is 17.0. The van der Waals surface area contributed by atoms with Crippen LogP contribution < -0.4 is 0 Å². The molecule has 0 radical (unpaired) electrons. The van der Waals surface area contributed by atoms with E-state index in [0.29, 0.717) is 11.1 Å². The van der Waals surface area contributed by atoms with E-state index in [-0.39, 0.29) is 10.2 Å². The van der Waals surface area contributed by atoms with Gasteiger partial charge in [0.05, 0.1) is 17.2 Å². The summed E-state index contributed by atoms with van der Waals surface area (Å²) in [5.41, 5.74) is 1.37. The zero-order valence-corrected chi connectivity index (χ0v) is 23.0. The van der Waals surface area contributed by atoms with Gasteiger partial charge in [-0.3, -0.25) is 19.3 Å². The molecule has 36 heavy (non-hydrogen) atoms. The summed E-state index contributed by atoms with van der Waals surface area (Å²) in [7, 11) is -2.44. The quantitative estimate of drug-likeness (QED) is 0.197. The number of amides is 2. The molecule has 0 aliphatic carbocycles. The summed E-state index contributed by atoms with van der Waals surface area (Å²) in [6, 6.07) is 24.3. The zero-order chi connectivity index (χ0) is 26.1. The van der Waals surface area contributed by atoms with E-state index in [1.807, 2.05) is 60.7 Å². The third-order valence-electron chi connectivity index (χ3n) is 6.95. The maximum Gasteiger partial charge on any atom is 0.262 e. The number of hydrogen-bond acceptors (Lipinski definition) is 5. The first-order valence-electron chi connectivity index (χ1n) is 12.0. The highest BCUT2D eigenvalue weighted by Crippen LogP contribution is 2.43. The molecule has 1 aliphatic rings. The summed E-state index contributed by atoms with van der Waals surface area (Å²) >= 11 is 1.03. The van der Waals surface area contributed by atoms with E-state index in [2.05, 4.69) is 33.9 Å². The van der Waals surface area contributed by atoms with Gasteiger partial charge in [-0.05, 0) is 59.7 Å². The second kappa shape index (κ2) is 10.2. The average molecular weight is 518 g/mol. The molecule has 0 fully saturated rings. The van der Waals surface area contributed by atoms with Crippen LogP contribution >= 0.6 is 11.8 Å². The van der Waals surface area contributed by atoms with Crippen LogP contribution in [0.5, 0.6) is 0 Å². The summed E-state index contributed by atoms with van der Waals surface area (Å²) in [6.45, 7) is 10.6. The van der Waals surface area contributed by atoms with Crippen molar-refractivity contribution < 1.29 is 18.8 Å². The summed E-state index contributed by atoms with van der Waals surface area (Å²) in [6.07, 6.45) is -0.807. The monoisotopic (exact) mass is 517 g/mol. The highest BCUT2D eigenvalue weighted by Gasteiger charge is 2.50. The number of carbonyl (C=O) groups is 3. The van der Waals surface area contributed by atoms with E-state index >= 15 is 0 Å². The predicted octanol–water partition coefficient (Wildman–Crippen LogP) is 6.73. The van der Waals surface area contributed by atoms with Crippen molar-refractivity contribution in [1.82, 2.24) is 4.90 Å². The lowest BCUT2D eigenvalue weighted by Crippen LogP contribution is -2.52. The van der Waals surface area contributed by atoms with Gasteiger partial charge in [-0.15, -0.1) is 0 Å². The fourth-order valence-corrected chi connectivity index (χ4v) is 6.07. The molecule has 7 heteroatoms. The van der Waals surface area contributed by atoms with Crippen molar-refractivity contribution in [3.63, 3.8) is 0 Å². The summed E-state index contributed by atoms with van der Waals surface area (Å²) in [4.78, 5) is 43.1. The van der Waals surface area contributed by atoms with Crippen LogP contribution in [0.25, 0.3) is 0 Å². The molecule has 3 aromatic carbocycles. The molecule has 4 rings (SSSR count). The number of nitrogens with zero attached hydrogens (tertiary/aromatic N) is 1. The average Bonchev–Trinajstić information content (AvgIpc) is 3.09. The first kappa shape index (κ1) is 26.1. The Morgan fingerprint density at radius 1 is 0.806 bits per heavy atom. The lowest BCUT2D eigenvalue weighted by molar-refractivity contribution is -0.117. The van der Waals surface area contributed by atoms with Crippen molar-refractivity contribution in [2.75, 3.05) is 0 Å². The van der Waals surface area contributed by atoms with Crippen LogP contribution in [-0.2, 0) is 9.22 Å². The van der Waals surface area contributed by atoms with Crippen LogP contribution in [0.3, 0.4) is 0 Å². The Bertz CT molecular complexity index is 1240. The number of hydrogen-bond donors (Lipinski definition) is 0. The molecule has 0 aromatic heterocycles. The van der Waals surface area contributed by atoms with Crippen molar-refractivity contribution in [2.45, 2.75) is 55.9 Å². The minimum atomic E-state index is -2.44. The third kappa shape index (κ3) is 5.09. The van der Waals surface area contributed by atoms with Crippen LogP contribution in [0.15, 0.2) is 89.8 Å². The molecule has 0 N–H and O–H groups in total. The number of imide groups is 1. The van der Waals surface area contributed by atoms with Crippen LogP contribution in [0.2, 0.25) is 18.1 Å². The fraction of sp³-hybridized carbons (Fsp3) is 0.276. The summed E-state index contributed by atoms with van der Waals surface area (Å²) in [5, 5.41) is -0.467. The van der Waals surface area contributed by atoms with E-state index < -0.39 is 32.3 Å². The van der Waals surface area contributed by atoms with E-state index in [4.69, 9.17) is 4.43 Å². The third-order valence-corrected chi connectivity index (χ3v) is 12.4. The van der Waals surface area contributed by atoms with Crippen LogP contribution in [0.1, 0.15) is 53.2 Å². The van der Waals surface area contributed by atoms with Gasteiger partial charge < -0.3 is 4.43 Å². The predicted molar refractivity (Wildman–Crippen MR) is 146 cm³/mol. The maximum atomic E-state index is 14.0. The number of carbonyl (C=O) groups excluding carboxylic acids is 3. The van der Waals surface area contributed by atoms with Crippen LogP contribution in [-0.4, -0.2) is 36.2 Å². The van der Waals surface area contributed by atoms with Gasteiger partial charge in [-0.25, -0.2) is 0 Å². The Balaban J connectivity index is 1.85. The molecule has 0 spiro atoms. The van der Waals surface area contributed by atoms with E-state index in [9.17, 15) is 14.4 Å².